The molecule has 1 aromatic carbocycles. The zero-order valence-corrected chi connectivity index (χ0v) is 18.2. The molecule has 30 heavy (non-hydrogen) atoms. The third kappa shape index (κ3) is 3.43. The van der Waals surface area contributed by atoms with Crippen LogP contribution in [0.15, 0.2) is 39.7 Å². The first-order valence-corrected chi connectivity index (χ1v) is 11.4. The molecule has 12 heteroatoms. The molecule has 2 aromatic heterocycles. The van der Waals surface area contributed by atoms with Gasteiger partial charge in [-0.25, -0.2) is 22.6 Å². The fourth-order valence-electron chi connectivity index (χ4n) is 3.03. The van der Waals surface area contributed by atoms with Gasteiger partial charge in [-0.3, -0.25) is 0 Å². The van der Waals surface area contributed by atoms with Crippen molar-refractivity contribution < 1.29 is 12.8 Å². The Morgan fingerprint density at radius 2 is 1.97 bits per heavy atom. The monoisotopic (exact) mass is 462 g/mol. The first-order valence-electron chi connectivity index (χ1n) is 8.56. The lowest BCUT2D eigenvalue weighted by Crippen LogP contribution is -2.50. The van der Waals surface area contributed by atoms with Crippen LogP contribution in [0, 0.1) is 6.57 Å². The van der Waals surface area contributed by atoms with E-state index in [1.807, 2.05) is 0 Å². The molecule has 0 bridgehead atoms. The second-order valence-corrected chi connectivity index (χ2v) is 10.3. The van der Waals surface area contributed by atoms with Crippen LogP contribution in [0.5, 0.6) is 0 Å². The van der Waals surface area contributed by atoms with Crippen LogP contribution in [0.25, 0.3) is 27.1 Å². The van der Waals surface area contributed by atoms with Gasteiger partial charge >= 0.3 is 0 Å². The molecule has 0 amide bonds. The van der Waals surface area contributed by atoms with Crippen LogP contribution in [0.4, 0.5) is 5.69 Å². The molecule has 1 aliphatic heterocycles. The van der Waals surface area contributed by atoms with Gasteiger partial charge in [-0.2, -0.15) is 0 Å². The molecule has 0 saturated heterocycles. The van der Waals surface area contributed by atoms with E-state index in [4.69, 9.17) is 28.3 Å². The first-order chi connectivity index (χ1) is 14.1. The van der Waals surface area contributed by atoms with E-state index in [9.17, 15) is 8.42 Å². The van der Waals surface area contributed by atoms with Gasteiger partial charge in [-0.15, -0.1) is 21.5 Å². The van der Waals surface area contributed by atoms with Crippen molar-refractivity contribution in [3.8, 4) is 22.2 Å². The topological polar surface area (TPSA) is 119 Å². The largest absolute Gasteiger partial charge is 0.415 e. The number of hydrogen-bond donors (Lipinski definition) is 1. The van der Waals surface area contributed by atoms with Crippen LogP contribution in [0.2, 0.25) is 5.02 Å². The molecular formula is C18H15ClN6O3S2. The Morgan fingerprint density at radius 1 is 1.30 bits per heavy atom. The number of nitrogens with zero attached hydrogens (tertiary/aromatic N) is 5. The maximum absolute atomic E-state index is 12.4. The van der Waals surface area contributed by atoms with E-state index in [0.29, 0.717) is 31.9 Å². The molecule has 3 heterocycles. The van der Waals surface area contributed by atoms with Crippen molar-refractivity contribution >= 4 is 44.6 Å². The lowest BCUT2D eigenvalue weighted by atomic mass is 10.0. The molecule has 0 unspecified atom stereocenters. The van der Waals surface area contributed by atoms with E-state index in [1.165, 1.54) is 18.4 Å². The van der Waals surface area contributed by atoms with Gasteiger partial charge in [0, 0.05) is 12.6 Å². The number of sulfonamides is 1. The minimum absolute atomic E-state index is 0.0993. The third-order valence-corrected chi connectivity index (χ3v) is 8.35. The van der Waals surface area contributed by atoms with E-state index in [-0.39, 0.29) is 17.6 Å². The van der Waals surface area contributed by atoms with Crippen LogP contribution in [-0.2, 0) is 15.6 Å². The van der Waals surface area contributed by atoms with Crippen LogP contribution in [0.1, 0.15) is 11.8 Å². The zero-order chi connectivity index (χ0) is 21.7. The number of rotatable bonds is 3. The molecule has 0 saturated carbocycles. The highest BCUT2D eigenvalue weighted by molar-refractivity contribution is 7.89. The average molecular weight is 463 g/mol. The SMILES string of the molecule is [C-]#[N+]c1ccc(-c2nnc(-c3cc(Cl)c([C@]4(C)CS(=O)(=O)N(C)C(N)=N4)s3)o2)cc1. The maximum atomic E-state index is 12.4. The van der Waals surface area contributed by atoms with Gasteiger partial charge in [0.15, 0.2) is 5.69 Å². The summed E-state index contributed by atoms with van der Waals surface area (Å²) in [6.07, 6.45) is 0. The summed E-state index contributed by atoms with van der Waals surface area (Å²) >= 11 is 7.65. The van der Waals surface area contributed by atoms with E-state index in [2.05, 4.69) is 20.0 Å². The molecule has 1 atom stereocenters. The zero-order valence-electron chi connectivity index (χ0n) is 15.8. The summed E-state index contributed by atoms with van der Waals surface area (Å²) in [5.74, 6) is 0.175. The molecule has 4 rings (SSSR count). The summed E-state index contributed by atoms with van der Waals surface area (Å²) in [6.45, 7) is 8.68. The normalized spacial score (nSPS) is 20.6. The quantitative estimate of drug-likeness (QED) is 0.595. The number of benzene rings is 1. The summed E-state index contributed by atoms with van der Waals surface area (Å²) in [5, 5.41) is 8.46. The van der Waals surface area contributed by atoms with E-state index in [1.54, 1.807) is 37.3 Å². The number of halogens is 1. The van der Waals surface area contributed by atoms with Gasteiger partial charge in [0.2, 0.25) is 21.9 Å². The van der Waals surface area contributed by atoms with Crippen molar-refractivity contribution in [3.63, 3.8) is 0 Å². The Balaban J connectivity index is 1.70. The predicted octanol–water partition coefficient (Wildman–Crippen LogP) is 3.47. The van der Waals surface area contributed by atoms with Crippen molar-refractivity contribution in [3.05, 3.63) is 51.6 Å². The van der Waals surface area contributed by atoms with Gasteiger partial charge in [-0.1, -0.05) is 35.9 Å². The standard InChI is InChI=1S/C18H15ClN6O3S2/c1-18(9-30(26,27)25(3)17(20)22-18)14-12(19)8-13(29-14)16-24-23-15(28-16)10-4-6-11(21-2)7-5-10/h4-8H,9H2,1,3H3,(H2,20,22)/t18-/m0/s1. The molecule has 0 aliphatic carbocycles. The van der Waals surface area contributed by atoms with Gasteiger partial charge < -0.3 is 10.2 Å². The Kier molecular flexibility index (Phi) is 4.80. The van der Waals surface area contributed by atoms with Gasteiger partial charge in [0.05, 0.1) is 27.1 Å². The van der Waals surface area contributed by atoms with Crippen molar-refractivity contribution in [2.45, 2.75) is 12.5 Å². The van der Waals surface area contributed by atoms with Gasteiger partial charge in [-0.05, 0) is 13.0 Å². The smallest absolute Gasteiger partial charge is 0.258 e. The number of nitrogens with two attached hydrogens (primary N) is 1. The molecule has 0 spiro atoms. The van der Waals surface area contributed by atoms with Crippen molar-refractivity contribution in [1.82, 2.24) is 14.5 Å². The van der Waals surface area contributed by atoms with E-state index >= 15 is 0 Å². The number of thiophene rings is 1. The van der Waals surface area contributed by atoms with Gasteiger partial charge in [0.25, 0.3) is 5.89 Å². The lowest BCUT2D eigenvalue weighted by molar-refractivity contribution is 0.482. The molecule has 1 aliphatic rings. The average Bonchev–Trinajstić information content (AvgIpc) is 3.33. The third-order valence-electron chi connectivity index (χ3n) is 4.62. The lowest BCUT2D eigenvalue weighted by Gasteiger charge is -2.33. The number of aliphatic imine (C=N–C) groups is 1. The Labute approximate surface area is 181 Å². The summed E-state index contributed by atoms with van der Waals surface area (Å²) in [6, 6.07) is 8.41. The molecule has 154 valence electrons. The summed E-state index contributed by atoms with van der Waals surface area (Å²) in [7, 11) is -2.26. The van der Waals surface area contributed by atoms with E-state index < -0.39 is 15.6 Å². The summed E-state index contributed by atoms with van der Waals surface area (Å²) < 4.78 is 31.6. The minimum atomic E-state index is -3.62. The predicted molar refractivity (Wildman–Crippen MR) is 115 cm³/mol. The Hall–Kier alpha value is -2.94. The molecule has 3 aromatic rings. The maximum Gasteiger partial charge on any atom is 0.258 e. The van der Waals surface area contributed by atoms with Crippen LogP contribution < -0.4 is 5.73 Å². The second kappa shape index (κ2) is 7.09. The van der Waals surface area contributed by atoms with Crippen molar-refractivity contribution in [2.75, 3.05) is 12.8 Å². The fraction of sp³-hybridized carbons (Fsp3) is 0.222. The Morgan fingerprint density at radius 3 is 2.60 bits per heavy atom. The van der Waals surface area contributed by atoms with Gasteiger partial charge in [0.1, 0.15) is 5.54 Å². The van der Waals surface area contributed by atoms with Crippen molar-refractivity contribution in [2.24, 2.45) is 10.7 Å². The van der Waals surface area contributed by atoms with Crippen LogP contribution in [0.3, 0.4) is 0 Å². The van der Waals surface area contributed by atoms with E-state index in [0.717, 1.165) is 4.31 Å². The molecular weight excluding hydrogens is 448 g/mol. The second-order valence-electron chi connectivity index (χ2n) is 6.83. The summed E-state index contributed by atoms with van der Waals surface area (Å²) in [4.78, 5) is 8.84. The van der Waals surface area contributed by atoms with Crippen LogP contribution >= 0.6 is 22.9 Å². The fourth-order valence-corrected chi connectivity index (χ4v) is 6.11. The highest BCUT2D eigenvalue weighted by Crippen LogP contribution is 2.44. The highest BCUT2D eigenvalue weighted by atomic mass is 35.5. The highest BCUT2D eigenvalue weighted by Gasteiger charge is 2.42. The molecule has 9 nitrogen and oxygen atoms in total. The molecule has 0 fully saturated rings. The summed E-state index contributed by atoms with van der Waals surface area (Å²) in [5.41, 5.74) is 5.88. The minimum Gasteiger partial charge on any atom is -0.415 e. The number of aromatic nitrogens is 2. The number of hydrogen-bond acceptors (Lipinski definition) is 8. The molecule has 2 N–H and O–H groups in total. The van der Waals surface area contributed by atoms with Crippen molar-refractivity contribution in [1.29, 1.82) is 0 Å². The Bertz CT molecular complexity index is 1310. The first kappa shape index (κ1) is 20.3. The number of guanidine groups is 1. The van der Waals surface area contributed by atoms with Crippen LogP contribution in [-0.4, -0.2) is 41.7 Å². The molecule has 0 radical (unpaired) electrons.